The van der Waals surface area contributed by atoms with E-state index in [0.717, 1.165) is 71.0 Å². The molecule has 1 aliphatic heterocycles. The average Bonchev–Trinajstić information content (AvgIpc) is 2.97. The summed E-state index contributed by atoms with van der Waals surface area (Å²) in [7, 11) is 1.83. The third kappa shape index (κ3) is 8.93. The molecule has 2 aromatic carbocycles. The molecule has 2 heterocycles. The molecule has 0 N–H and O–H groups in total. The highest BCUT2D eigenvalue weighted by atomic mass is 19.1. The van der Waals surface area contributed by atoms with Gasteiger partial charge in [-0.1, -0.05) is 31.2 Å². The van der Waals surface area contributed by atoms with Gasteiger partial charge in [-0.2, -0.15) is 0 Å². The molecule has 1 atom stereocenters. The van der Waals surface area contributed by atoms with E-state index >= 15 is 0 Å². The molecule has 0 aliphatic carbocycles. The summed E-state index contributed by atoms with van der Waals surface area (Å²) in [6.45, 7) is 17.8. The summed E-state index contributed by atoms with van der Waals surface area (Å²) in [5, 5.41) is 0. The van der Waals surface area contributed by atoms with E-state index in [4.69, 9.17) is 19.2 Å². The van der Waals surface area contributed by atoms with Crippen LogP contribution in [0.3, 0.4) is 0 Å². The van der Waals surface area contributed by atoms with Crippen LogP contribution in [0, 0.1) is 25.1 Å². The molecule has 8 heteroatoms. The Morgan fingerprint density at radius 2 is 1.67 bits per heavy atom. The number of benzene rings is 2. The molecule has 0 saturated carbocycles. The fourth-order valence-corrected chi connectivity index (χ4v) is 6.04. The van der Waals surface area contributed by atoms with Crippen molar-refractivity contribution in [1.82, 2.24) is 4.98 Å². The first-order valence-corrected chi connectivity index (χ1v) is 16.2. The number of nitrogens with zero attached hydrogens (tertiary/aromatic N) is 3. The second-order valence-corrected chi connectivity index (χ2v) is 13.8. The molecule has 1 unspecified atom stereocenters. The lowest BCUT2D eigenvalue weighted by atomic mass is 9.81. The van der Waals surface area contributed by atoms with E-state index in [9.17, 15) is 9.18 Å². The Balaban J connectivity index is 1.77. The third-order valence-electron chi connectivity index (χ3n) is 8.26. The van der Waals surface area contributed by atoms with Crippen molar-refractivity contribution in [2.75, 3.05) is 31.6 Å². The minimum Gasteiger partial charge on any atom is -0.493 e. The maximum atomic E-state index is 13.8. The van der Waals surface area contributed by atoms with Crippen LogP contribution in [0.2, 0.25) is 0 Å². The Bertz CT molecular complexity index is 1500. The maximum absolute atomic E-state index is 13.8. The van der Waals surface area contributed by atoms with E-state index in [2.05, 4.69) is 23.0 Å². The number of hydrogen-bond acceptors (Lipinski definition) is 7. The summed E-state index contributed by atoms with van der Waals surface area (Å²) >= 11 is 0. The molecule has 0 bridgehead atoms. The van der Waals surface area contributed by atoms with Crippen molar-refractivity contribution in [1.29, 1.82) is 0 Å². The number of esters is 1. The van der Waals surface area contributed by atoms with Crippen LogP contribution in [0.5, 0.6) is 5.75 Å². The van der Waals surface area contributed by atoms with Crippen LogP contribution in [0.4, 0.5) is 10.1 Å². The number of piperidine rings is 1. The molecular weight excluding hydrogens is 581 g/mol. The highest BCUT2D eigenvalue weighted by Gasteiger charge is 2.38. The fraction of sp³-hybridized carbons (Fsp3) is 0.500. The molecule has 4 rings (SSSR count). The van der Waals surface area contributed by atoms with Gasteiger partial charge in [0.1, 0.15) is 11.6 Å². The van der Waals surface area contributed by atoms with Gasteiger partial charge in [-0.3, -0.25) is 4.98 Å². The van der Waals surface area contributed by atoms with Crippen molar-refractivity contribution in [3.8, 4) is 16.9 Å². The number of hydrogen-bond donors (Lipinski definition) is 0. The molecule has 46 heavy (non-hydrogen) atoms. The monoisotopic (exact) mass is 631 g/mol. The second kappa shape index (κ2) is 14.8. The summed E-state index contributed by atoms with van der Waals surface area (Å²) in [6, 6.07) is 14.5. The maximum Gasteiger partial charge on any atom is 0.340 e. The van der Waals surface area contributed by atoms with E-state index < -0.39 is 17.7 Å². The smallest absolute Gasteiger partial charge is 0.340 e. The second-order valence-electron chi connectivity index (χ2n) is 13.8. The van der Waals surface area contributed by atoms with Gasteiger partial charge in [-0.05, 0) is 96.7 Å². The van der Waals surface area contributed by atoms with Crippen LogP contribution in [-0.2, 0) is 20.7 Å². The molecule has 248 valence electrons. The Hall–Kier alpha value is -3.78. The summed E-state index contributed by atoms with van der Waals surface area (Å²) in [4.78, 5) is 25.5. The molecule has 0 spiro atoms. The predicted octanol–water partition coefficient (Wildman–Crippen LogP) is 8.24. The number of pyridine rings is 1. The van der Waals surface area contributed by atoms with Gasteiger partial charge in [0.15, 0.2) is 6.10 Å². The van der Waals surface area contributed by atoms with Gasteiger partial charge in [0.25, 0.3) is 0 Å². The van der Waals surface area contributed by atoms with Crippen molar-refractivity contribution in [2.45, 2.75) is 92.5 Å². The van der Waals surface area contributed by atoms with Gasteiger partial charge >= 0.3 is 5.97 Å². The topological polar surface area (TPSA) is 73.3 Å². The molecule has 1 fully saturated rings. The lowest BCUT2D eigenvalue weighted by Crippen LogP contribution is -2.41. The Kier molecular flexibility index (Phi) is 11.3. The molecule has 0 amide bonds. The highest BCUT2D eigenvalue weighted by Crippen LogP contribution is 2.45. The van der Waals surface area contributed by atoms with Crippen LogP contribution in [-0.4, -0.2) is 55.6 Å². The zero-order chi connectivity index (χ0) is 33.6. The van der Waals surface area contributed by atoms with E-state index in [0.29, 0.717) is 13.0 Å². The zero-order valence-electron chi connectivity index (χ0n) is 28.9. The summed E-state index contributed by atoms with van der Waals surface area (Å²) in [6.07, 6.45) is 3.34. The molecule has 1 aliphatic rings. The van der Waals surface area contributed by atoms with Crippen LogP contribution in [0.25, 0.3) is 11.1 Å². The van der Waals surface area contributed by atoms with Crippen LogP contribution < -0.4 is 9.64 Å². The van der Waals surface area contributed by atoms with Gasteiger partial charge in [0, 0.05) is 60.7 Å². The Morgan fingerprint density at radius 3 is 2.24 bits per heavy atom. The number of aryl methyl sites for hydroxylation is 2. The first-order valence-electron chi connectivity index (χ1n) is 16.2. The molecule has 1 aromatic heterocycles. The first-order chi connectivity index (χ1) is 21.7. The van der Waals surface area contributed by atoms with Crippen molar-refractivity contribution >= 4 is 17.9 Å². The third-order valence-corrected chi connectivity index (χ3v) is 8.26. The van der Waals surface area contributed by atoms with E-state index in [-0.39, 0.29) is 17.3 Å². The van der Waals surface area contributed by atoms with E-state index in [1.807, 2.05) is 79.8 Å². The zero-order valence-corrected chi connectivity index (χ0v) is 28.9. The number of rotatable bonds is 11. The average molecular weight is 632 g/mol. The molecule has 0 radical (unpaired) electrons. The SMILES string of the molecule is CN=CC1(C)CCN(c2c(-c3ccc(OCCc4ccc(F)cc4)cc3)c(C)nc(C)c2C(OC(C)(C)C)C(=O)OC(C)C)CC1. The number of carbonyl (C=O) groups excluding carboxylic acids is 1. The number of aromatic nitrogens is 1. The van der Waals surface area contributed by atoms with Crippen LogP contribution in [0.15, 0.2) is 53.5 Å². The van der Waals surface area contributed by atoms with Gasteiger partial charge in [0.05, 0.1) is 24.0 Å². The van der Waals surface area contributed by atoms with Crippen molar-refractivity contribution < 1.29 is 23.4 Å². The minimum absolute atomic E-state index is 0.00742. The molecule has 7 nitrogen and oxygen atoms in total. The van der Waals surface area contributed by atoms with Crippen LogP contribution >= 0.6 is 0 Å². The standard InChI is InChI=1S/C38H50FN3O4/c1-25(2)45-36(43)35(46-37(5,6)7)33-27(4)41-26(3)32(34(33)42-21-19-38(8,20-22-42)24-40-9)29-12-16-31(17-13-29)44-23-18-28-10-14-30(39)15-11-28/h10-17,24-25,35H,18-23H2,1-9H3. The largest absolute Gasteiger partial charge is 0.493 e. The number of ether oxygens (including phenoxy) is 3. The summed E-state index contributed by atoms with van der Waals surface area (Å²) in [5.41, 5.74) is 5.67. The number of anilines is 1. The van der Waals surface area contributed by atoms with Crippen molar-refractivity contribution in [3.63, 3.8) is 0 Å². The Morgan fingerprint density at radius 1 is 1.04 bits per heavy atom. The summed E-state index contributed by atoms with van der Waals surface area (Å²) < 4.78 is 31.6. The van der Waals surface area contributed by atoms with Gasteiger partial charge < -0.3 is 24.1 Å². The van der Waals surface area contributed by atoms with E-state index in [1.54, 1.807) is 12.1 Å². The lowest BCUT2D eigenvalue weighted by Gasteiger charge is -2.41. The highest BCUT2D eigenvalue weighted by molar-refractivity contribution is 5.88. The predicted molar refractivity (Wildman–Crippen MR) is 184 cm³/mol. The molecule has 3 aromatic rings. The lowest BCUT2D eigenvalue weighted by molar-refractivity contribution is -0.171. The Labute approximate surface area is 274 Å². The number of carbonyl (C=O) groups is 1. The van der Waals surface area contributed by atoms with Crippen LogP contribution in [0.1, 0.15) is 83.0 Å². The fourth-order valence-electron chi connectivity index (χ4n) is 6.04. The first kappa shape index (κ1) is 35.1. The van der Waals surface area contributed by atoms with Crippen molar-refractivity contribution in [3.05, 3.63) is 76.9 Å². The normalized spacial score (nSPS) is 15.8. The molecule has 1 saturated heterocycles. The summed E-state index contributed by atoms with van der Waals surface area (Å²) in [5.74, 6) is 0.0771. The minimum atomic E-state index is -0.955. The number of aliphatic imine (C=N–C) groups is 1. The van der Waals surface area contributed by atoms with Gasteiger partial charge in [0.2, 0.25) is 0 Å². The molecular formula is C38H50FN3O4. The van der Waals surface area contributed by atoms with Crippen molar-refractivity contribution in [2.24, 2.45) is 10.4 Å². The van der Waals surface area contributed by atoms with E-state index in [1.165, 1.54) is 12.1 Å². The van der Waals surface area contributed by atoms with Gasteiger partial charge in [-0.15, -0.1) is 0 Å². The van der Waals surface area contributed by atoms with Gasteiger partial charge in [-0.25, -0.2) is 9.18 Å². The quantitative estimate of drug-likeness (QED) is 0.157. The number of halogens is 1.